The molecule has 1 aliphatic rings. The number of carbonyl (C=O) groups is 1. The van der Waals surface area contributed by atoms with Crippen LogP contribution in [-0.2, 0) is 6.54 Å². The first kappa shape index (κ1) is 20.0. The number of pyridine rings is 2. The highest BCUT2D eigenvalue weighted by Gasteiger charge is 2.30. The van der Waals surface area contributed by atoms with Crippen LogP contribution in [0.5, 0.6) is 0 Å². The Hall–Kier alpha value is -3.65. The molecule has 5 aromatic rings. The summed E-state index contributed by atoms with van der Waals surface area (Å²) in [6.07, 6.45) is 3.94. The SMILES string of the molecule is Cc1nn(-c2ccccn2)c2nc(C3CC3)cc(C(=O)N(C)Cc3nc4ccccc4s3)c12. The fourth-order valence-corrected chi connectivity index (χ4v) is 5.19. The minimum absolute atomic E-state index is 0.0489. The van der Waals surface area contributed by atoms with Crippen LogP contribution < -0.4 is 0 Å². The molecule has 1 fully saturated rings. The van der Waals surface area contributed by atoms with E-state index in [2.05, 4.69) is 11.1 Å². The van der Waals surface area contributed by atoms with Crippen molar-refractivity contribution in [1.29, 1.82) is 0 Å². The number of hydrogen-bond acceptors (Lipinski definition) is 6. The molecule has 33 heavy (non-hydrogen) atoms. The maximum Gasteiger partial charge on any atom is 0.254 e. The fraction of sp³-hybridized carbons (Fsp3) is 0.240. The first-order chi connectivity index (χ1) is 16.1. The van der Waals surface area contributed by atoms with Crippen LogP contribution in [0.1, 0.15) is 45.5 Å². The summed E-state index contributed by atoms with van der Waals surface area (Å²) in [5, 5.41) is 6.41. The second-order valence-electron chi connectivity index (χ2n) is 8.49. The van der Waals surface area contributed by atoms with Crippen LogP contribution in [0.3, 0.4) is 0 Å². The third-order valence-corrected chi connectivity index (χ3v) is 7.00. The summed E-state index contributed by atoms with van der Waals surface area (Å²) in [6.45, 7) is 2.37. The standard InChI is InChI=1S/C25H22N6OS/c1-15-23-17(25(32)30(2)14-22-27-18-7-3-4-8-20(18)33-22)13-19(16-10-11-16)28-24(23)31(29-15)21-9-5-6-12-26-21/h3-9,12-13,16H,10-11,14H2,1-2H3. The monoisotopic (exact) mass is 454 g/mol. The molecule has 1 amide bonds. The van der Waals surface area contributed by atoms with E-state index in [9.17, 15) is 4.79 Å². The highest BCUT2D eigenvalue weighted by atomic mass is 32.1. The Kier molecular flexibility index (Phi) is 4.69. The van der Waals surface area contributed by atoms with Crippen LogP contribution in [-0.4, -0.2) is 42.6 Å². The first-order valence-corrected chi connectivity index (χ1v) is 11.8. The topological polar surface area (TPSA) is 76.8 Å². The Morgan fingerprint density at radius 3 is 2.73 bits per heavy atom. The van der Waals surface area contributed by atoms with E-state index in [4.69, 9.17) is 15.1 Å². The molecule has 1 aromatic carbocycles. The largest absolute Gasteiger partial charge is 0.335 e. The maximum atomic E-state index is 13.7. The van der Waals surface area contributed by atoms with E-state index in [-0.39, 0.29) is 5.91 Å². The summed E-state index contributed by atoms with van der Waals surface area (Å²) in [4.78, 5) is 29.5. The second-order valence-corrected chi connectivity index (χ2v) is 9.60. The van der Waals surface area contributed by atoms with Crippen molar-refractivity contribution in [3.05, 3.63) is 76.7 Å². The normalized spacial score (nSPS) is 13.6. The number of fused-ring (bicyclic) bond motifs is 2. The zero-order valence-electron chi connectivity index (χ0n) is 18.4. The summed E-state index contributed by atoms with van der Waals surface area (Å²) in [7, 11) is 1.83. The fourth-order valence-electron chi connectivity index (χ4n) is 4.17. The van der Waals surface area contributed by atoms with Crippen molar-refractivity contribution in [2.75, 3.05) is 7.05 Å². The lowest BCUT2D eigenvalue weighted by Gasteiger charge is -2.17. The van der Waals surface area contributed by atoms with E-state index < -0.39 is 0 Å². The average Bonchev–Trinajstić information content (AvgIpc) is 3.53. The van der Waals surface area contributed by atoms with Gasteiger partial charge in [-0.05, 0) is 50.1 Å². The minimum atomic E-state index is -0.0489. The Balaban J connectivity index is 1.42. The lowest BCUT2D eigenvalue weighted by atomic mass is 10.1. The predicted molar refractivity (Wildman–Crippen MR) is 129 cm³/mol. The number of aryl methyl sites for hydroxylation is 1. The van der Waals surface area contributed by atoms with E-state index in [1.807, 2.05) is 56.4 Å². The number of thiazole rings is 1. The third kappa shape index (κ3) is 3.56. The molecule has 0 unspecified atom stereocenters. The number of aromatic nitrogens is 5. The Morgan fingerprint density at radius 1 is 1.15 bits per heavy atom. The van der Waals surface area contributed by atoms with Gasteiger partial charge in [-0.1, -0.05) is 18.2 Å². The molecule has 8 heteroatoms. The quantitative estimate of drug-likeness (QED) is 0.378. The van der Waals surface area contributed by atoms with Gasteiger partial charge in [-0.3, -0.25) is 4.79 Å². The molecule has 4 aromatic heterocycles. The summed E-state index contributed by atoms with van der Waals surface area (Å²) in [5.41, 5.74) is 4.02. The van der Waals surface area contributed by atoms with Crippen molar-refractivity contribution in [3.8, 4) is 5.82 Å². The summed E-state index contributed by atoms with van der Waals surface area (Å²) >= 11 is 1.62. The van der Waals surface area contributed by atoms with Crippen molar-refractivity contribution in [2.24, 2.45) is 0 Å². The van der Waals surface area contributed by atoms with Gasteiger partial charge in [0, 0.05) is 24.9 Å². The van der Waals surface area contributed by atoms with E-state index in [1.54, 1.807) is 27.1 Å². The van der Waals surface area contributed by atoms with Gasteiger partial charge in [-0.2, -0.15) is 9.78 Å². The predicted octanol–water partition coefficient (Wildman–Crippen LogP) is 4.88. The number of carbonyl (C=O) groups excluding carboxylic acids is 1. The van der Waals surface area contributed by atoms with E-state index in [0.717, 1.165) is 44.8 Å². The van der Waals surface area contributed by atoms with Gasteiger partial charge in [-0.15, -0.1) is 11.3 Å². The molecule has 7 nitrogen and oxygen atoms in total. The summed E-state index contributed by atoms with van der Waals surface area (Å²) in [5.74, 6) is 1.05. The van der Waals surface area contributed by atoms with Crippen LogP contribution in [0.15, 0.2) is 54.7 Å². The van der Waals surface area contributed by atoms with Crippen molar-refractivity contribution in [2.45, 2.75) is 32.2 Å². The van der Waals surface area contributed by atoms with Gasteiger partial charge >= 0.3 is 0 Å². The number of nitrogens with zero attached hydrogens (tertiary/aromatic N) is 6. The van der Waals surface area contributed by atoms with E-state index >= 15 is 0 Å². The van der Waals surface area contributed by atoms with Crippen LogP contribution in [0.2, 0.25) is 0 Å². The highest BCUT2D eigenvalue weighted by Crippen LogP contribution is 2.41. The van der Waals surface area contributed by atoms with Crippen molar-refractivity contribution in [3.63, 3.8) is 0 Å². The smallest absolute Gasteiger partial charge is 0.254 e. The van der Waals surface area contributed by atoms with Crippen molar-refractivity contribution in [1.82, 2.24) is 29.6 Å². The number of amides is 1. The van der Waals surface area contributed by atoms with Crippen LogP contribution in [0, 0.1) is 6.92 Å². The number of rotatable bonds is 5. The Morgan fingerprint density at radius 2 is 1.97 bits per heavy atom. The number of hydrogen-bond donors (Lipinski definition) is 0. The molecule has 4 heterocycles. The van der Waals surface area contributed by atoms with E-state index in [1.165, 1.54) is 0 Å². The third-order valence-electron chi connectivity index (χ3n) is 5.98. The van der Waals surface area contributed by atoms with E-state index in [0.29, 0.717) is 29.5 Å². The molecule has 1 aliphatic carbocycles. The van der Waals surface area contributed by atoms with Crippen LogP contribution >= 0.6 is 11.3 Å². The van der Waals surface area contributed by atoms with Crippen molar-refractivity contribution >= 4 is 38.5 Å². The minimum Gasteiger partial charge on any atom is -0.335 e. The van der Waals surface area contributed by atoms with Gasteiger partial charge in [0.15, 0.2) is 11.5 Å². The van der Waals surface area contributed by atoms with Gasteiger partial charge in [-0.25, -0.2) is 15.0 Å². The Labute approximate surface area is 194 Å². The molecular formula is C25H22N6OS. The van der Waals surface area contributed by atoms with Crippen LogP contribution in [0.25, 0.3) is 27.1 Å². The molecule has 164 valence electrons. The molecule has 0 radical (unpaired) electrons. The van der Waals surface area contributed by atoms with Gasteiger partial charge in [0.05, 0.1) is 33.4 Å². The zero-order chi connectivity index (χ0) is 22.5. The highest BCUT2D eigenvalue weighted by molar-refractivity contribution is 7.18. The summed E-state index contributed by atoms with van der Waals surface area (Å²) < 4.78 is 2.88. The average molecular weight is 455 g/mol. The zero-order valence-corrected chi connectivity index (χ0v) is 19.2. The van der Waals surface area contributed by atoms with Gasteiger partial charge < -0.3 is 4.90 Å². The van der Waals surface area contributed by atoms with Crippen molar-refractivity contribution < 1.29 is 4.79 Å². The molecule has 6 rings (SSSR count). The molecule has 0 spiro atoms. The Bertz CT molecular complexity index is 1470. The summed E-state index contributed by atoms with van der Waals surface area (Å²) in [6, 6.07) is 15.7. The van der Waals surface area contributed by atoms with Crippen LogP contribution in [0.4, 0.5) is 0 Å². The van der Waals surface area contributed by atoms with Gasteiger partial charge in [0.25, 0.3) is 5.91 Å². The number of benzene rings is 1. The second kappa shape index (κ2) is 7.74. The lowest BCUT2D eigenvalue weighted by Crippen LogP contribution is -2.26. The molecule has 0 aliphatic heterocycles. The molecule has 1 saturated carbocycles. The van der Waals surface area contributed by atoms with Gasteiger partial charge in [0.2, 0.25) is 0 Å². The molecule has 0 N–H and O–H groups in total. The molecule has 0 bridgehead atoms. The molecule has 0 atom stereocenters. The van der Waals surface area contributed by atoms with Gasteiger partial charge in [0.1, 0.15) is 5.01 Å². The maximum absolute atomic E-state index is 13.7. The number of para-hydroxylation sites is 1. The lowest BCUT2D eigenvalue weighted by molar-refractivity contribution is 0.0786. The first-order valence-electron chi connectivity index (χ1n) is 11.0. The molecular weight excluding hydrogens is 432 g/mol. The molecule has 0 saturated heterocycles.